The first-order valence-electron chi connectivity index (χ1n) is 9.51. The Morgan fingerprint density at radius 1 is 1.07 bits per heavy atom. The fourth-order valence-corrected chi connectivity index (χ4v) is 3.26. The van der Waals surface area contributed by atoms with Gasteiger partial charge in [-0.15, -0.1) is 0 Å². The van der Waals surface area contributed by atoms with Crippen LogP contribution >= 0.6 is 0 Å². The van der Waals surface area contributed by atoms with E-state index in [-0.39, 0.29) is 11.9 Å². The Hall–Kier alpha value is -3.68. The number of amides is 3. The number of hydrogen-bond donors (Lipinski definition) is 3. The van der Waals surface area contributed by atoms with Crippen LogP contribution in [-0.2, 0) is 4.79 Å². The van der Waals surface area contributed by atoms with Gasteiger partial charge in [0.05, 0.1) is 32.4 Å². The number of anilines is 1. The quantitative estimate of drug-likeness (QED) is 0.649. The van der Waals surface area contributed by atoms with E-state index in [4.69, 9.17) is 14.2 Å². The molecule has 0 radical (unpaired) electrons. The predicted octanol–water partition coefficient (Wildman–Crippen LogP) is 3.37. The van der Waals surface area contributed by atoms with Crippen LogP contribution < -0.4 is 30.2 Å². The third-order valence-corrected chi connectivity index (χ3v) is 4.68. The summed E-state index contributed by atoms with van der Waals surface area (Å²) in [6.45, 7) is 4.07. The maximum absolute atomic E-state index is 13.1. The third kappa shape index (κ3) is 4.48. The van der Waals surface area contributed by atoms with Crippen molar-refractivity contribution in [3.8, 4) is 17.2 Å². The van der Waals surface area contributed by atoms with E-state index in [2.05, 4.69) is 16.0 Å². The minimum Gasteiger partial charge on any atom is -0.497 e. The Morgan fingerprint density at radius 3 is 2.43 bits per heavy atom. The van der Waals surface area contributed by atoms with Crippen LogP contribution in [0.15, 0.2) is 53.7 Å². The summed E-state index contributed by atoms with van der Waals surface area (Å²) in [5.74, 6) is 1.47. The Kier molecular flexibility index (Phi) is 6.46. The van der Waals surface area contributed by atoms with Crippen LogP contribution in [-0.4, -0.2) is 32.8 Å². The van der Waals surface area contributed by atoms with Crippen molar-refractivity contribution in [3.05, 3.63) is 59.3 Å². The van der Waals surface area contributed by atoms with Crippen LogP contribution in [0.4, 0.5) is 10.5 Å². The topological polar surface area (TPSA) is 97.9 Å². The zero-order valence-electron chi connectivity index (χ0n) is 17.4. The van der Waals surface area contributed by atoms with Crippen molar-refractivity contribution in [2.75, 3.05) is 26.1 Å². The zero-order valence-corrected chi connectivity index (χ0v) is 17.4. The summed E-state index contributed by atoms with van der Waals surface area (Å²) in [6, 6.07) is 11.3. The normalized spacial score (nSPS) is 15.7. The van der Waals surface area contributed by atoms with E-state index < -0.39 is 6.04 Å². The van der Waals surface area contributed by atoms with Gasteiger partial charge in [0, 0.05) is 11.4 Å². The summed E-state index contributed by atoms with van der Waals surface area (Å²) >= 11 is 0. The summed E-state index contributed by atoms with van der Waals surface area (Å²) in [6.07, 6.45) is 0. The molecule has 0 aliphatic carbocycles. The Morgan fingerprint density at radius 2 is 1.80 bits per heavy atom. The van der Waals surface area contributed by atoms with Crippen LogP contribution in [0.3, 0.4) is 0 Å². The lowest BCUT2D eigenvalue weighted by Crippen LogP contribution is -2.45. The van der Waals surface area contributed by atoms with Gasteiger partial charge in [-0.05, 0) is 55.8 Å². The number of allylic oxidation sites excluding steroid dienone is 1. The smallest absolute Gasteiger partial charge is 0.319 e. The van der Waals surface area contributed by atoms with E-state index in [9.17, 15) is 9.59 Å². The summed E-state index contributed by atoms with van der Waals surface area (Å²) in [4.78, 5) is 25.2. The van der Waals surface area contributed by atoms with Crippen molar-refractivity contribution in [3.63, 3.8) is 0 Å². The van der Waals surface area contributed by atoms with Crippen LogP contribution in [0, 0.1) is 0 Å². The molecular formula is C22H25N3O5. The fourth-order valence-electron chi connectivity index (χ4n) is 3.26. The first kappa shape index (κ1) is 21.0. The summed E-state index contributed by atoms with van der Waals surface area (Å²) < 4.78 is 16.1. The molecule has 1 heterocycles. The predicted molar refractivity (Wildman–Crippen MR) is 113 cm³/mol. The van der Waals surface area contributed by atoms with Crippen molar-refractivity contribution < 1.29 is 23.8 Å². The summed E-state index contributed by atoms with van der Waals surface area (Å²) in [7, 11) is 3.12. The van der Waals surface area contributed by atoms with Crippen molar-refractivity contribution in [1.29, 1.82) is 0 Å². The van der Waals surface area contributed by atoms with Crippen molar-refractivity contribution in [2.45, 2.75) is 19.9 Å². The summed E-state index contributed by atoms with van der Waals surface area (Å²) in [5.41, 5.74) is 2.18. The number of hydrogen-bond acceptors (Lipinski definition) is 5. The lowest BCUT2D eigenvalue weighted by Gasteiger charge is -2.29. The molecule has 1 aliphatic rings. The molecule has 1 aliphatic heterocycles. The molecule has 3 amide bonds. The number of carbonyl (C=O) groups excluding carboxylic acids is 2. The highest BCUT2D eigenvalue weighted by atomic mass is 16.5. The Bertz CT molecular complexity index is 969. The van der Waals surface area contributed by atoms with Gasteiger partial charge >= 0.3 is 6.03 Å². The van der Waals surface area contributed by atoms with Crippen molar-refractivity contribution in [2.24, 2.45) is 0 Å². The molecule has 8 nitrogen and oxygen atoms in total. The first-order chi connectivity index (χ1) is 14.5. The van der Waals surface area contributed by atoms with Gasteiger partial charge < -0.3 is 30.2 Å². The first-order valence-corrected chi connectivity index (χ1v) is 9.51. The van der Waals surface area contributed by atoms with E-state index in [1.54, 1.807) is 63.6 Å². The van der Waals surface area contributed by atoms with Gasteiger partial charge in [-0.2, -0.15) is 0 Å². The molecule has 0 bridgehead atoms. The lowest BCUT2D eigenvalue weighted by atomic mass is 9.94. The molecule has 8 heteroatoms. The largest absolute Gasteiger partial charge is 0.497 e. The van der Waals surface area contributed by atoms with Gasteiger partial charge in [0.2, 0.25) is 0 Å². The molecule has 158 valence electrons. The summed E-state index contributed by atoms with van der Waals surface area (Å²) in [5, 5.41) is 8.35. The number of rotatable bonds is 7. The lowest BCUT2D eigenvalue weighted by molar-refractivity contribution is -0.113. The van der Waals surface area contributed by atoms with Crippen LogP contribution in [0.1, 0.15) is 25.5 Å². The van der Waals surface area contributed by atoms with Gasteiger partial charge in [0.1, 0.15) is 5.75 Å². The van der Waals surface area contributed by atoms with Gasteiger partial charge in [-0.1, -0.05) is 6.07 Å². The SMILES string of the molecule is CCOc1ccc([C@H]2NC(=O)NC(C)=C2C(=O)Nc2ccc(OC)cc2)cc1OC. The molecule has 0 saturated carbocycles. The minimum absolute atomic E-state index is 0.331. The maximum atomic E-state index is 13.1. The highest BCUT2D eigenvalue weighted by Gasteiger charge is 2.31. The molecule has 3 N–H and O–H groups in total. The molecule has 0 spiro atoms. The van der Waals surface area contributed by atoms with Crippen LogP contribution in [0.25, 0.3) is 0 Å². The van der Waals surface area contributed by atoms with E-state index in [0.717, 1.165) is 0 Å². The number of carbonyl (C=O) groups is 2. The molecule has 0 saturated heterocycles. The van der Waals surface area contributed by atoms with Crippen molar-refractivity contribution >= 4 is 17.6 Å². The molecule has 2 aromatic carbocycles. The van der Waals surface area contributed by atoms with Crippen molar-refractivity contribution in [1.82, 2.24) is 10.6 Å². The monoisotopic (exact) mass is 411 g/mol. The third-order valence-electron chi connectivity index (χ3n) is 4.68. The maximum Gasteiger partial charge on any atom is 0.319 e. The second-order valence-electron chi connectivity index (χ2n) is 6.60. The fraction of sp³-hybridized carbons (Fsp3) is 0.273. The molecule has 30 heavy (non-hydrogen) atoms. The number of urea groups is 1. The second-order valence-corrected chi connectivity index (χ2v) is 6.60. The number of ether oxygens (including phenoxy) is 3. The molecule has 0 unspecified atom stereocenters. The molecule has 0 aromatic heterocycles. The standard InChI is InChI=1S/C22H25N3O5/c1-5-30-17-11-6-14(12-18(17)29-4)20-19(13(2)23-22(27)25-20)21(26)24-15-7-9-16(28-3)10-8-15/h6-12,20H,5H2,1-4H3,(H,24,26)(H2,23,25,27)/t20-/m1/s1. The molecule has 2 aromatic rings. The van der Waals surface area contributed by atoms with Crippen LogP contribution in [0.5, 0.6) is 17.2 Å². The van der Waals surface area contributed by atoms with Gasteiger partial charge in [-0.3, -0.25) is 4.79 Å². The zero-order chi connectivity index (χ0) is 21.7. The minimum atomic E-state index is -0.651. The highest BCUT2D eigenvalue weighted by molar-refractivity contribution is 6.06. The Labute approximate surface area is 175 Å². The van der Waals surface area contributed by atoms with E-state index in [0.29, 0.717) is 46.4 Å². The average Bonchev–Trinajstić information content (AvgIpc) is 2.74. The number of benzene rings is 2. The van der Waals surface area contributed by atoms with E-state index in [1.165, 1.54) is 0 Å². The van der Waals surface area contributed by atoms with Gasteiger partial charge in [-0.25, -0.2) is 4.79 Å². The Balaban J connectivity index is 1.93. The molecular weight excluding hydrogens is 386 g/mol. The highest BCUT2D eigenvalue weighted by Crippen LogP contribution is 2.34. The van der Waals surface area contributed by atoms with Gasteiger partial charge in [0.15, 0.2) is 11.5 Å². The van der Waals surface area contributed by atoms with E-state index >= 15 is 0 Å². The van der Waals surface area contributed by atoms with Crippen LogP contribution in [0.2, 0.25) is 0 Å². The van der Waals surface area contributed by atoms with E-state index in [1.807, 2.05) is 6.92 Å². The average molecular weight is 411 g/mol. The molecule has 1 atom stereocenters. The second kappa shape index (κ2) is 9.21. The molecule has 3 rings (SSSR count). The van der Waals surface area contributed by atoms with Gasteiger partial charge in [0.25, 0.3) is 5.91 Å². The molecule has 0 fully saturated rings. The number of methoxy groups -OCH3 is 2. The number of nitrogens with one attached hydrogen (secondary N) is 3.